The van der Waals surface area contributed by atoms with Gasteiger partial charge < -0.3 is 15.7 Å². The van der Waals surface area contributed by atoms with Crippen molar-refractivity contribution in [1.29, 1.82) is 0 Å². The van der Waals surface area contributed by atoms with Gasteiger partial charge in [-0.25, -0.2) is 4.79 Å². The van der Waals surface area contributed by atoms with Crippen molar-refractivity contribution < 1.29 is 9.90 Å². The van der Waals surface area contributed by atoms with Crippen LogP contribution in [-0.4, -0.2) is 33.7 Å². The number of carboxylic acid groups (broad SMARTS) is 1. The molecule has 0 spiro atoms. The van der Waals surface area contributed by atoms with E-state index in [0.717, 1.165) is 19.3 Å². The van der Waals surface area contributed by atoms with Crippen LogP contribution in [0.4, 0.5) is 4.79 Å². The second-order valence-electron chi connectivity index (χ2n) is 5.93. The fourth-order valence-electron chi connectivity index (χ4n) is 2.62. The third-order valence-electron chi connectivity index (χ3n) is 3.50. The Morgan fingerprint density at radius 1 is 1.38 bits per heavy atom. The zero-order valence-electron chi connectivity index (χ0n) is 10.7. The average molecular weight is 228 g/mol. The van der Waals surface area contributed by atoms with E-state index in [4.69, 9.17) is 5.73 Å². The van der Waals surface area contributed by atoms with Crippen LogP contribution in [0.3, 0.4) is 0 Å². The zero-order valence-corrected chi connectivity index (χ0v) is 10.7. The first kappa shape index (κ1) is 13.3. The number of nitrogens with zero attached hydrogens (tertiary/aromatic N) is 1. The summed E-state index contributed by atoms with van der Waals surface area (Å²) in [7, 11) is 0. The second kappa shape index (κ2) is 4.62. The van der Waals surface area contributed by atoms with Crippen LogP contribution in [-0.2, 0) is 0 Å². The number of rotatable bonds is 1. The summed E-state index contributed by atoms with van der Waals surface area (Å²) in [5.74, 6) is 0.406. The van der Waals surface area contributed by atoms with Crippen molar-refractivity contribution in [3.63, 3.8) is 0 Å². The molecule has 0 bridgehead atoms. The van der Waals surface area contributed by atoms with E-state index in [2.05, 4.69) is 6.92 Å². The minimum Gasteiger partial charge on any atom is -0.465 e. The molecule has 0 heterocycles. The van der Waals surface area contributed by atoms with Crippen LogP contribution in [0.1, 0.15) is 47.0 Å². The molecule has 0 radical (unpaired) electrons. The molecule has 1 saturated carbocycles. The van der Waals surface area contributed by atoms with Gasteiger partial charge in [0.05, 0.1) is 0 Å². The molecule has 4 nitrogen and oxygen atoms in total. The summed E-state index contributed by atoms with van der Waals surface area (Å²) >= 11 is 0. The Bertz CT molecular complexity index is 260. The molecule has 0 aliphatic heterocycles. The van der Waals surface area contributed by atoms with E-state index in [1.165, 1.54) is 0 Å². The summed E-state index contributed by atoms with van der Waals surface area (Å²) in [4.78, 5) is 12.9. The molecule has 0 aromatic carbocycles. The molecule has 1 amide bonds. The zero-order chi connectivity index (χ0) is 12.5. The lowest BCUT2D eigenvalue weighted by atomic mass is 9.81. The Morgan fingerprint density at radius 3 is 2.31 bits per heavy atom. The average Bonchev–Trinajstić information content (AvgIpc) is 2.08. The number of hydrogen-bond acceptors (Lipinski definition) is 2. The second-order valence-corrected chi connectivity index (χ2v) is 5.93. The molecule has 1 fully saturated rings. The van der Waals surface area contributed by atoms with Crippen LogP contribution < -0.4 is 5.73 Å². The summed E-state index contributed by atoms with van der Waals surface area (Å²) in [5.41, 5.74) is 5.62. The maximum Gasteiger partial charge on any atom is 0.407 e. The minimum atomic E-state index is -0.819. The SMILES string of the molecule is CC1CC(N(C(=O)O)C(C)(C)C)CCC1N. The first-order valence-electron chi connectivity index (χ1n) is 6.01. The smallest absolute Gasteiger partial charge is 0.407 e. The van der Waals surface area contributed by atoms with E-state index in [0.29, 0.717) is 5.92 Å². The first-order valence-corrected chi connectivity index (χ1v) is 6.01. The highest BCUT2D eigenvalue weighted by Gasteiger charge is 2.37. The lowest BCUT2D eigenvalue weighted by Gasteiger charge is -2.44. The van der Waals surface area contributed by atoms with E-state index < -0.39 is 6.09 Å². The highest BCUT2D eigenvalue weighted by Crippen LogP contribution is 2.30. The highest BCUT2D eigenvalue weighted by molar-refractivity contribution is 5.66. The van der Waals surface area contributed by atoms with Crippen LogP contribution >= 0.6 is 0 Å². The summed E-state index contributed by atoms with van der Waals surface area (Å²) in [6, 6.07) is 0.346. The standard InChI is InChI=1S/C12H24N2O2/c1-8-7-9(5-6-10(8)13)14(11(15)16)12(2,3)4/h8-10H,5-7,13H2,1-4H3,(H,15,16). The Kier molecular flexibility index (Phi) is 3.84. The maximum atomic E-state index is 11.3. The minimum absolute atomic E-state index is 0.118. The fraction of sp³-hybridized carbons (Fsp3) is 0.917. The molecule has 3 N–H and O–H groups in total. The van der Waals surface area contributed by atoms with Gasteiger partial charge in [-0.3, -0.25) is 0 Å². The van der Waals surface area contributed by atoms with Crippen molar-refractivity contribution in [3.05, 3.63) is 0 Å². The van der Waals surface area contributed by atoms with Gasteiger partial charge in [-0.1, -0.05) is 6.92 Å². The van der Waals surface area contributed by atoms with Crippen molar-refractivity contribution in [2.24, 2.45) is 11.7 Å². The van der Waals surface area contributed by atoms with Crippen molar-refractivity contribution in [2.45, 2.75) is 64.6 Å². The molecule has 4 heteroatoms. The lowest BCUT2D eigenvalue weighted by Crippen LogP contribution is -2.54. The molecule has 94 valence electrons. The van der Waals surface area contributed by atoms with Crippen LogP contribution in [0.25, 0.3) is 0 Å². The van der Waals surface area contributed by atoms with Crippen LogP contribution in [0.5, 0.6) is 0 Å². The Hall–Kier alpha value is -0.770. The number of carbonyl (C=O) groups is 1. The van der Waals surface area contributed by atoms with Crippen molar-refractivity contribution >= 4 is 6.09 Å². The van der Waals surface area contributed by atoms with Gasteiger partial charge >= 0.3 is 6.09 Å². The topological polar surface area (TPSA) is 66.6 Å². The first-order chi connectivity index (χ1) is 7.23. The maximum absolute atomic E-state index is 11.3. The summed E-state index contributed by atoms with van der Waals surface area (Å²) in [5, 5.41) is 9.31. The third-order valence-corrected chi connectivity index (χ3v) is 3.50. The van der Waals surface area contributed by atoms with Gasteiger partial charge in [0.15, 0.2) is 0 Å². The molecule has 3 atom stereocenters. The monoisotopic (exact) mass is 228 g/mol. The molecule has 0 saturated heterocycles. The van der Waals surface area contributed by atoms with E-state index >= 15 is 0 Å². The van der Waals surface area contributed by atoms with Gasteiger partial charge in [-0.15, -0.1) is 0 Å². The van der Waals surface area contributed by atoms with Gasteiger partial charge in [0.2, 0.25) is 0 Å². The lowest BCUT2D eigenvalue weighted by molar-refractivity contribution is 0.0457. The van der Waals surface area contributed by atoms with E-state index in [9.17, 15) is 9.90 Å². The highest BCUT2D eigenvalue weighted by atomic mass is 16.4. The predicted octanol–water partition coefficient (Wildman–Crippen LogP) is 2.28. The summed E-state index contributed by atoms with van der Waals surface area (Å²) < 4.78 is 0. The Morgan fingerprint density at radius 2 is 1.94 bits per heavy atom. The molecule has 1 rings (SSSR count). The quantitative estimate of drug-likeness (QED) is 0.723. The number of hydrogen-bond donors (Lipinski definition) is 2. The Balaban J connectivity index is 2.78. The van der Waals surface area contributed by atoms with Gasteiger partial charge in [0, 0.05) is 17.6 Å². The molecule has 1 aliphatic rings. The van der Waals surface area contributed by atoms with Crippen LogP contribution in [0.2, 0.25) is 0 Å². The van der Waals surface area contributed by atoms with E-state index in [1.807, 2.05) is 20.8 Å². The summed E-state index contributed by atoms with van der Waals surface area (Å²) in [6.07, 6.45) is 1.87. The normalized spacial score (nSPS) is 31.2. The largest absolute Gasteiger partial charge is 0.465 e. The molecule has 3 unspecified atom stereocenters. The van der Waals surface area contributed by atoms with Crippen molar-refractivity contribution in [3.8, 4) is 0 Å². The number of amides is 1. The van der Waals surface area contributed by atoms with Gasteiger partial charge in [-0.05, 0) is 46.0 Å². The third kappa shape index (κ3) is 2.88. The van der Waals surface area contributed by atoms with Gasteiger partial charge in [-0.2, -0.15) is 0 Å². The molecule has 1 aliphatic carbocycles. The fourth-order valence-corrected chi connectivity index (χ4v) is 2.62. The predicted molar refractivity (Wildman–Crippen MR) is 64.4 cm³/mol. The molecular formula is C12H24N2O2. The van der Waals surface area contributed by atoms with Crippen molar-refractivity contribution in [1.82, 2.24) is 4.90 Å². The molecular weight excluding hydrogens is 204 g/mol. The van der Waals surface area contributed by atoms with Crippen LogP contribution in [0, 0.1) is 5.92 Å². The van der Waals surface area contributed by atoms with Crippen LogP contribution in [0.15, 0.2) is 0 Å². The van der Waals surface area contributed by atoms with E-state index in [1.54, 1.807) is 4.90 Å². The molecule has 0 aromatic heterocycles. The van der Waals surface area contributed by atoms with E-state index in [-0.39, 0.29) is 17.6 Å². The Labute approximate surface area is 97.8 Å². The van der Waals surface area contributed by atoms with Gasteiger partial charge in [0.1, 0.15) is 0 Å². The molecule has 16 heavy (non-hydrogen) atoms. The van der Waals surface area contributed by atoms with Crippen molar-refractivity contribution in [2.75, 3.05) is 0 Å². The number of nitrogens with two attached hydrogens (primary N) is 1. The van der Waals surface area contributed by atoms with Gasteiger partial charge in [0.25, 0.3) is 0 Å². The summed E-state index contributed by atoms with van der Waals surface area (Å²) in [6.45, 7) is 7.94. The molecule has 0 aromatic rings.